The first-order valence-electron chi connectivity index (χ1n) is 9.97. The van der Waals surface area contributed by atoms with Crippen molar-refractivity contribution in [2.24, 2.45) is 0 Å². The Balaban J connectivity index is 1.61. The number of terminal acetylenes is 1. The molecule has 0 radical (unpaired) electrons. The molecule has 0 N–H and O–H groups in total. The molecular formula is C30H18O2. The normalized spacial score (nSPS) is 9.62. The van der Waals surface area contributed by atoms with Crippen molar-refractivity contribution in [3.63, 3.8) is 0 Å². The van der Waals surface area contributed by atoms with Crippen molar-refractivity contribution < 1.29 is 9.53 Å². The summed E-state index contributed by atoms with van der Waals surface area (Å²) in [6, 6.07) is 27.0. The van der Waals surface area contributed by atoms with Crippen molar-refractivity contribution in [3.8, 4) is 36.0 Å². The highest BCUT2D eigenvalue weighted by Gasteiger charge is 2.03. The first kappa shape index (κ1) is 20.6. The Kier molecular flexibility index (Phi) is 6.04. The van der Waals surface area contributed by atoms with E-state index in [0.29, 0.717) is 5.56 Å². The zero-order valence-corrected chi connectivity index (χ0v) is 17.5. The molecule has 0 amide bonds. The molecule has 0 saturated carbocycles. The summed E-state index contributed by atoms with van der Waals surface area (Å²) in [7, 11) is 1.36. The van der Waals surface area contributed by atoms with Crippen molar-refractivity contribution in [1.29, 1.82) is 0 Å². The zero-order chi connectivity index (χ0) is 22.3. The van der Waals surface area contributed by atoms with Crippen LogP contribution in [0.3, 0.4) is 0 Å². The lowest BCUT2D eigenvalue weighted by Gasteiger charge is -1.99. The highest BCUT2D eigenvalue weighted by Crippen LogP contribution is 2.15. The topological polar surface area (TPSA) is 26.3 Å². The predicted octanol–water partition coefficient (Wildman–Crippen LogP) is 5.41. The third-order valence-electron chi connectivity index (χ3n) is 4.86. The van der Waals surface area contributed by atoms with Gasteiger partial charge in [-0.2, -0.15) is 0 Å². The lowest BCUT2D eigenvalue weighted by molar-refractivity contribution is 0.0600. The van der Waals surface area contributed by atoms with Gasteiger partial charge < -0.3 is 4.74 Å². The lowest BCUT2D eigenvalue weighted by atomic mass is 10.0. The number of esters is 1. The van der Waals surface area contributed by atoms with E-state index in [1.165, 1.54) is 12.5 Å². The van der Waals surface area contributed by atoms with Crippen LogP contribution in [0, 0.1) is 36.0 Å². The summed E-state index contributed by atoms with van der Waals surface area (Å²) in [4.78, 5) is 11.6. The Morgan fingerprint density at radius 1 is 0.656 bits per heavy atom. The van der Waals surface area contributed by atoms with Gasteiger partial charge in [-0.3, -0.25) is 0 Å². The van der Waals surface area contributed by atoms with Crippen LogP contribution in [0.1, 0.15) is 38.2 Å². The summed E-state index contributed by atoms with van der Waals surface area (Å²) >= 11 is 0. The fourth-order valence-electron chi connectivity index (χ4n) is 3.22. The van der Waals surface area contributed by atoms with E-state index in [1.54, 1.807) is 24.3 Å². The maximum atomic E-state index is 11.6. The summed E-state index contributed by atoms with van der Waals surface area (Å²) in [5.74, 6) is 14.9. The number of methoxy groups -OCH3 is 1. The molecule has 0 fully saturated rings. The average Bonchev–Trinajstić information content (AvgIpc) is 2.85. The van der Waals surface area contributed by atoms with Gasteiger partial charge in [0.05, 0.1) is 12.7 Å². The SMILES string of the molecule is C#Cc1cc(C#Cc2ccc(C(=O)OC)cc2)cc(C#Cc2ccc3ccccc3c2)c1. The van der Waals surface area contributed by atoms with Crippen LogP contribution >= 0.6 is 0 Å². The van der Waals surface area contributed by atoms with Crippen LogP contribution in [0.2, 0.25) is 0 Å². The molecule has 150 valence electrons. The molecule has 0 unspecified atom stereocenters. The van der Waals surface area contributed by atoms with E-state index >= 15 is 0 Å². The summed E-state index contributed by atoms with van der Waals surface area (Å²) in [6.07, 6.45) is 5.63. The summed E-state index contributed by atoms with van der Waals surface area (Å²) in [5.41, 5.74) is 4.51. The standard InChI is InChI=1S/C30H18O2/c1-3-22-18-25(10-8-23-12-16-28(17-13-23)30(31)32-2)20-26(19-22)11-9-24-14-15-27-6-4-5-7-29(27)21-24/h1,4-7,12-21H,2H3. The molecule has 0 aliphatic rings. The van der Waals surface area contributed by atoms with Crippen molar-refractivity contribution in [1.82, 2.24) is 0 Å². The zero-order valence-electron chi connectivity index (χ0n) is 17.5. The molecule has 4 aromatic rings. The Bertz CT molecular complexity index is 1480. The Morgan fingerprint density at radius 2 is 1.22 bits per heavy atom. The fraction of sp³-hybridized carbons (Fsp3) is 0.0333. The van der Waals surface area contributed by atoms with Crippen molar-refractivity contribution in [2.75, 3.05) is 7.11 Å². The van der Waals surface area contributed by atoms with Gasteiger partial charge >= 0.3 is 5.97 Å². The number of hydrogen-bond acceptors (Lipinski definition) is 2. The number of carbonyl (C=O) groups is 1. The minimum absolute atomic E-state index is 0.374. The van der Waals surface area contributed by atoms with Gasteiger partial charge in [-0.15, -0.1) is 6.42 Å². The van der Waals surface area contributed by atoms with Crippen molar-refractivity contribution in [3.05, 3.63) is 118 Å². The maximum absolute atomic E-state index is 11.6. The van der Waals surface area contributed by atoms with Gasteiger partial charge in [0.25, 0.3) is 0 Å². The second-order valence-corrected chi connectivity index (χ2v) is 7.07. The van der Waals surface area contributed by atoms with Gasteiger partial charge in [-0.1, -0.05) is 59.9 Å². The number of carbonyl (C=O) groups excluding carboxylic acids is 1. The van der Waals surface area contributed by atoms with E-state index < -0.39 is 0 Å². The molecule has 0 aliphatic carbocycles. The van der Waals surface area contributed by atoms with Crippen LogP contribution in [0.25, 0.3) is 10.8 Å². The quantitative estimate of drug-likeness (QED) is 0.310. The van der Waals surface area contributed by atoms with E-state index in [1.807, 2.05) is 36.4 Å². The molecule has 0 spiro atoms. The van der Waals surface area contributed by atoms with E-state index in [-0.39, 0.29) is 5.97 Å². The second-order valence-electron chi connectivity index (χ2n) is 7.07. The third-order valence-corrected chi connectivity index (χ3v) is 4.86. The molecule has 0 atom stereocenters. The van der Waals surface area contributed by atoms with Gasteiger partial charge in [0.2, 0.25) is 0 Å². The van der Waals surface area contributed by atoms with Crippen molar-refractivity contribution in [2.45, 2.75) is 0 Å². The number of ether oxygens (including phenoxy) is 1. The highest BCUT2D eigenvalue weighted by molar-refractivity contribution is 5.89. The predicted molar refractivity (Wildman–Crippen MR) is 128 cm³/mol. The number of fused-ring (bicyclic) bond motifs is 1. The molecule has 0 aliphatic heterocycles. The minimum Gasteiger partial charge on any atom is -0.465 e. The van der Waals surface area contributed by atoms with Crippen LogP contribution in [0.4, 0.5) is 0 Å². The molecule has 0 aromatic heterocycles. The number of rotatable bonds is 1. The molecule has 0 saturated heterocycles. The molecular weight excluding hydrogens is 392 g/mol. The molecule has 4 aromatic carbocycles. The van der Waals surface area contributed by atoms with Gasteiger partial charge in [-0.05, 0) is 65.4 Å². The Labute approximate surface area is 187 Å². The van der Waals surface area contributed by atoms with Gasteiger partial charge in [0.15, 0.2) is 0 Å². The van der Waals surface area contributed by atoms with Crippen molar-refractivity contribution >= 4 is 16.7 Å². The largest absolute Gasteiger partial charge is 0.465 e. The summed E-state index contributed by atoms with van der Waals surface area (Å²) in [6.45, 7) is 0. The minimum atomic E-state index is -0.374. The third kappa shape index (κ3) is 4.88. The molecule has 0 bridgehead atoms. The first-order chi connectivity index (χ1) is 15.6. The van der Waals surface area contributed by atoms with E-state index in [9.17, 15) is 4.79 Å². The van der Waals surface area contributed by atoms with Gasteiger partial charge in [0, 0.05) is 27.8 Å². The number of benzene rings is 4. The second kappa shape index (κ2) is 9.40. The van der Waals surface area contributed by atoms with Crippen LogP contribution in [0.15, 0.2) is 84.9 Å². The number of hydrogen-bond donors (Lipinski definition) is 0. The highest BCUT2D eigenvalue weighted by atomic mass is 16.5. The van der Waals surface area contributed by atoms with Crippen LogP contribution in [0.5, 0.6) is 0 Å². The molecule has 0 heterocycles. The molecule has 2 nitrogen and oxygen atoms in total. The van der Waals surface area contributed by atoms with Gasteiger partial charge in [0.1, 0.15) is 0 Å². The summed E-state index contributed by atoms with van der Waals surface area (Å²) in [5, 5.41) is 2.34. The Morgan fingerprint density at radius 3 is 1.88 bits per heavy atom. The smallest absolute Gasteiger partial charge is 0.337 e. The Hall–Kier alpha value is -4.71. The van der Waals surface area contributed by atoms with Crippen LogP contribution in [-0.4, -0.2) is 13.1 Å². The van der Waals surface area contributed by atoms with Crippen LogP contribution < -0.4 is 0 Å². The molecule has 32 heavy (non-hydrogen) atoms. The summed E-state index contributed by atoms with van der Waals surface area (Å²) < 4.78 is 4.71. The van der Waals surface area contributed by atoms with E-state index in [2.05, 4.69) is 53.9 Å². The fourth-order valence-corrected chi connectivity index (χ4v) is 3.22. The van der Waals surface area contributed by atoms with E-state index in [4.69, 9.17) is 11.2 Å². The van der Waals surface area contributed by atoms with Gasteiger partial charge in [-0.25, -0.2) is 4.79 Å². The molecule has 2 heteroatoms. The lowest BCUT2D eigenvalue weighted by Crippen LogP contribution is -2.00. The van der Waals surface area contributed by atoms with Crippen LogP contribution in [-0.2, 0) is 4.74 Å². The van der Waals surface area contributed by atoms with E-state index in [0.717, 1.165) is 33.2 Å². The maximum Gasteiger partial charge on any atom is 0.337 e. The monoisotopic (exact) mass is 410 g/mol. The first-order valence-corrected chi connectivity index (χ1v) is 9.97. The molecule has 4 rings (SSSR count). The average molecular weight is 410 g/mol.